The molecule has 3 aromatic rings. The zero-order valence-electron chi connectivity index (χ0n) is 13.6. The highest BCUT2D eigenvalue weighted by Gasteiger charge is 2.23. The first-order valence-electron chi connectivity index (χ1n) is 7.91. The predicted molar refractivity (Wildman–Crippen MR) is 92.9 cm³/mol. The molecular formula is C20H15F2NO3. The molecule has 6 heteroatoms. The van der Waals surface area contributed by atoms with Crippen molar-refractivity contribution in [3.8, 4) is 0 Å². The smallest absolute Gasteiger partial charge is 0.326 e. The van der Waals surface area contributed by atoms with Crippen LogP contribution in [0.5, 0.6) is 0 Å². The van der Waals surface area contributed by atoms with Crippen molar-refractivity contribution in [1.29, 1.82) is 0 Å². The molecule has 0 spiro atoms. The lowest BCUT2D eigenvalue weighted by Crippen LogP contribution is -2.42. The van der Waals surface area contributed by atoms with Gasteiger partial charge in [-0.05, 0) is 28.5 Å². The number of hydrogen-bond acceptors (Lipinski definition) is 2. The summed E-state index contributed by atoms with van der Waals surface area (Å²) in [4.78, 5) is 23.7. The minimum Gasteiger partial charge on any atom is -0.480 e. The molecular weight excluding hydrogens is 340 g/mol. The Morgan fingerprint density at radius 2 is 1.69 bits per heavy atom. The quantitative estimate of drug-likeness (QED) is 0.736. The number of nitrogens with one attached hydrogen (secondary N) is 1. The predicted octanol–water partition coefficient (Wildman–Crippen LogP) is 3.54. The van der Waals surface area contributed by atoms with Gasteiger partial charge < -0.3 is 10.4 Å². The Labute approximate surface area is 148 Å². The van der Waals surface area contributed by atoms with Crippen LogP contribution >= 0.6 is 0 Å². The molecule has 1 amide bonds. The van der Waals surface area contributed by atoms with E-state index in [0.29, 0.717) is 5.56 Å². The Morgan fingerprint density at radius 3 is 2.42 bits per heavy atom. The molecule has 1 atom stereocenters. The second kappa shape index (κ2) is 7.31. The van der Waals surface area contributed by atoms with Gasteiger partial charge in [0.05, 0.1) is 5.56 Å². The average Bonchev–Trinajstić information content (AvgIpc) is 2.63. The Hall–Kier alpha value is -3.28. The molecule has 4 nitrogen and oxygen atoms in total. The lowest BCUT2D eigenvalue weighted by Gasteiger charge is -2.15. The average molecular weight is 355 g/mol. The van der Waals surface area contributed by atoms with E-state index in [9.17, 15) is 23.5 Å². The van der Waals surface area contributed by atoms with Crippen molar-refractivity contribution in [2.45, 2.75) is 12.5 Å². The van der Waals surface area contributed by atoms with Gasteiger partial charge in [0.2, 0.25) is 0 Å². The summed E-state index contributed by atoms with van der Waals surface area (Å²) in [7, 11) is 0. The molecule has 0 heterocycles. The Bertz CT molecular complexity index is 988. The third-order valence-corrected chi connectivity index (χ3v) is 4.05. The maximum absolute atomic E-state index is 13.7. The van der Waals surface area contributed by atoms with Crippen LogP contribution in [0.1, 0.15) is 15.9 Å². The van der Waals surface area contributed by atoms with Gasteiger partial charge >= 0.3 is 5.97 Å². The van der Waals surface area contributed by atoms with Crippen LogP contribution < -0.4 is 5.32 Å². The van der Waals surface area contributed by atoms with Gasteiger partial charge in [0.25, 0.3) is 5.91 Å². The minimum absolute atomic E-state index is 0.0167. The Balaban J connectivity index is 1.81. The van der Waals surface area contributed by atoms with Crippen molar-refractivity contribution >= 4 is 22.6 Å². The van der Waals surface area contributed by atoms with Gasteiger partial charge in [-0.2, -0.15) is 0 Å². The molecule has 3 aromatic carbocycles. The highest BCUT2D eigenvalue weighted by Crippen LogP contribution is 2.17. The molecule has 3 rings (SSSR count). The molecule has 0 saturated heterocycles. The molecule has 0 aromatic heterocycles. The standard InChI is InChI=1S/C20H15F2NO3/c21-16-7-3-6-15(18(16)22)19(24)23-17(20(25)26)11-12-8-9-13-4-1-2-5-14(13)10-12/h1-10,17H,11H2,(H,23,24)(H,25,26)/t17-/m0/s1. The third kappa shape index (κ3) is 3.69. The number of carboxylic acids is 1. The van der Waals surface area contributed by atoms with Gasteiger partial charge in [-0.3, -0.25) is 4.79 Å². The fourth-order valence-electron chi connectivity index (χ4n) is 2.72. The monoisotopic (exact) mass is 355 g/mol. The molecule has 0 bridgehead atoms. The van der Waals surface area contributed by atoms with Crippen molar-refractivity contribution in [2.75, 3.05) is 0 Å². The third-order valence-electron chi connectivity index (χ3n) is 4.05. The minimum atomic E-state index is -1.31. The molecule has 0 saturated carbocycles. The van der Waals surface area contributed by atoms with Gasteiger partial charge in [-0.25, -0.2) is 13.6 Å². The topological polar surface area (TPSA) is 66.4 Å². The van der Waals surface area contributed by atoms with E-state index in [1.165, 1.54) is 6.07 Å². The van der Waals surface area contributed by atoms with E-state index < -0.39 is 35.1 Å². The fraction of sp³-hybridized carbons (Fsp3) is 0.100. The summed E-state index contributed by atoms with van der Waals surface area (Å²) in [6, 6.07) is 15.0. The summed E-state index contributed by atoms with van der Waals surface area (Å²) in [5.74, 6) is -4.71. The molecule has 132 valence electrons. The second-order valence-electron chi connectivity index (χ2n) is 5.85. The van der Waals surface area contributed by atoms with Crippen molar-refractivity contribution in [2.24, 2.45) is 0 Å². The normalized spacial score (nSPS) is 11.9. The molecule has 0 aliphatic carbocycles. The second-order valence-corrected chi connectivity index (χ2v) is 5.85. The first kappa shape index (κ1) is 17.5. The van der Waals surface area contributed by atoms with Crippen molar-refractivity contribution in [3.05, 3.63) is 83.4 Å². The first-order valence-corrected chi connectivity index (χ1v) is 7.91. The van der Waals surface area contributed by atoms with Crippen LogP contribution in [-0.2, 0) is 11.2 Å². The van der Waals surface area contributed by atoms with E-state index in [0.717, 1.165) is 22.9 Å². The van der Waals surface area contributed by atoms with Crippen LogP contribution in [0.4, 0.5) is 8.78 Å². The fourth-order valence-corrected chi connectivity index (χ4v) is 2.72. The molecule has 0 radical (unpaired) electrons. The number of fused-ring (bicyclic) bond motifs is 1. The van der Waals surface area contributed by atoms with Crippen molar-refractivity contribution < 1.29 is 23.5 Å². The van der Waals surface area contributed by atoms with Crippen molar-refractivity contribution in [1.82, 2.24) is 5.32 Å². The molecule has 2 N–H and O–H groups in total. The maximum Gasteiger partial charge on any atom is 0.326 e. The van der Waals surface area contributed by atoms with E-state index in [1.54, 1.807) is 6.07 Å². The number of hydrogen-bond donors (Lipinski definition) is 2. The van der Waals surface area contributed by atoms with Crippen LogP contribution in [0, 0.1) is 11.6 Å². The van der Waals surface area contributed by atoms with Crippen LogP contribution in [-0.4, -0.2) is 23.0 Å². The highest BCUT2D eigenvalue weighted by atomic mass is 19.2. The van der Waals surface area contributed by atoms with E-state index in [1.807, 2.05) is 36.4 Å². The number of amides is 1. The van der Waals surface area contributed by atoms with Crippen LogP contribution in [0.2, 0.25) is 0 Å². The van der Waals surface area contributed by atoms with Gasteiger partial charge in [0.15, 0.2) is 11.6 Å². The van der Waals surface area contributed by atoms with E-state index in [-0.39, 0.29) is 6.42 Å². The summed E-state index contributed by atoms with van der Waals surface area (Å²) in [5, 5.41) is 13.6. The summed E-state index contributed by atoms with van der Waals surface area (Å²) >= 11 is 0. The van der Waals surface area contributed by atoms with Gasteiger partial charge in [0.1, 0.15) is 6.04 Å². The van der Waals surface area contributed by atoms with Crippen molar-refractivity contribution in [3.63, 3.8) is 0 Å². The van der Waals surface area contributed by atoms with E-state index in [4.69, 9.17) is 0 Å². The molecule has 0 aliphatic rings. The lowest BCUT2D eigenvalue weighted by atomic mass is 10.0. The number of carbonyl (C=O) groups excluding carboxylic acids is 1. The SMILES string of the molecule is O=C(N[C@@H](Cc1ccc2ccccc2c1)C(=O)O)c1cccc(F)c1F. The number of carbonyl (C=O) groups is 2. The summed E-state index contributed by atoms with van der Waals surface area (Å²) in [5.41, 5.74) is 0.172. The van der Waals surface area contributed by atoms with E-state index >= 15 is 0 Å². The Morgan fingerprint density at radius 1 is 0.962 bits per heavy atom. The number of aliphatic carboxylic acids is 1. The molecule has 0 unspecified atom stereocenters. The molecule has 26 heavy (non-hydrogen) atoms. The number of carboxylic acid groups (broad SMARTS) is 1. The van der Waals surface area contributed by atoms with Gasteiger partial charge in [-0.1, -0.05) is 48.5 Å². The maximum atomic E-state index is 13.7. The lowest BCUT2D eigenvalue weighted by molar-refractivity contribution is -0.139. The largest absolute Gasteiger partial charge is 0.480 e. The summed E-state index contributed by atoms with van der Waals surface area (Å²) < 4.78 is 27.0. The number of rotatable bonds is 5. The number of halogens is 2. The zero-order valence-corrected chi connectivity index (χ0v) is 13.6. The van der Waals surface area contributed by atoms with Gasteiger partial charge in [-0.15, -0.1) is 0 Å². The van der Waals surface area contributed by atoms with Crippen LogP contribution in [0.25, 0.3) is 10.8 Å². The highest BCUT2D eigenvalue weighted by molar-refractivity contribution is 5.97. The summed E-state index contributed by atoms with van der Waals surface area (Å²) in [6.07, 6.45) is 0.0167. The first-order chi connectivity index (χ1) is 12.5. The van der Waals surface area contributed by atoms with Crippen LogP contribution in [0.3, 0.4) is 0 Å². The van der Waals surface area contributed by atoms with E-state index in [2.05, 4.69) is 5.32 Å². The molecule has 0 fully saturated rings. The van der Waals surface area contributed by atoms with Gasteiger partial charge in [0, 0.05) is 6.42 Å². The number of benzene rings is 3. The molecule has 0 aliphatic heterocycles. The Kier molecular flexibility index (Phi) is 4.93. The summed E-state index contributed by atoms with van der Waals surface area (Å²) in [6.45, 7) is 0. The zero-order chi connectivity index (χ0) is 18.7. The van der Waals surface area contributed by atoms with Crippen LogP contribution in [0.15, 0.2) is 60.7 Å².